The molecule has 0 unspecified atom stereocenters. The predicted molar refractivity (Wildman–Crippen MR) is 88.4 cm³/mol. The molecule has 6 nitrogen and oxygen atoms in total. The minimum absolute atomic E-state index is 0.124. The molecule has 0 aliphatic rings. The van der Waals surface area contributed by atoms with Gasteiger partial charge in [-0.1, -0.05) is 12.1 Å². The summed E-state index contributed by atoms with van der Waals surface area (Å²) in [5.41, 5.74) is 6.82. The summed E-state index contributed by atoms with van der Waals surface area (Å²) in [4.78, 5) is 27.1. The molecule has 0 radical (unpaired) electrons. The first-order valence-corrected chi connectivity index (χ1v) is 7.61. The molecule has 0 bridgehead atoms. The van der Waals surface area contributed by atoms with Gasteiger partial charge in [0, 0.05) is 5.69 Å². The number of anilines is 1. The predicted octanol–water partition coefficient (Wildman–Crippen LogP) is 3.14. The van der Waals surface area contributed by atoms with Gasteiger partial charge < -0.3 is 15.8 Å². The lowest BCUT2D eigenvalue weighted by Gasteiger charge is -2.04. The summed E-state index contributed by atoms with van der Waals surface area (Å²) < 4.78 is 6.32. The molecule has 3 N–H and O–H groups in total. The van der Waals surface area contributed by atoms with E-state index < -0.39 is 12.0 Å². The third-order valence-corrected chi connectivity index (χ3v) is 4.06. The number of thiazole rings is 1. The molecule has 23 heavy (non-hydrogen) atoms. The van der Waals surface area contributed by atoms with Gasteiger partial charge in [0.2, 0.25) is 0 Å². The fourth-order valence-corrected chi connectivity index (χ4v) is 2.90. The lowest BCUT2D eigenvalue weighted by atomic mass is 10.2. The smallest absolute Gasteiger partial charge is 0.338 e. The number of benzene rings is 2. The van der Waals surface area contributed by atoms with Crippen molar-refractivity contribution in [2.75, 3.05) is 5.32 Å². The third kappa shape index (κ3) is 3.64. The van der Waals surface area contributed by atoms with Crippen LogP contribution in [0.1, 0.15) is 15.4 Å². The summed E-state index contributed by atoms with van der Waals surface area (Å²) in [6, 6.07) is 13.4. The van der Waals surface area contributed by atoms with Crippen LogP contribution in [0.25, 0.3) is 10.2 Å². The molecule has 1 aromatic heterocycles. The zero-order valence-electron chi connectivity index (χ0n) is 12.0. The highest BCUT2D eigenvalue weighted by Gasteiger charge is 2.10. The van der Waals surface area contributed by atoms with Gasteiger partial charge in [-0.15, -0.1) is 11.3 Å². The maximum absolute atomic E-state index is 12.0. The molecule has 0 atom stereocenters. The van der Waals surface area contributed by atoms with Crippen LogP contribution in [0.4, 0.5) is 10.5 Å². The van der Waals surface area contributed by atoms with Crippen molar-refractivity contribution in [3.63, 3.8) is 0 Å². The average molecular weight is 327 g/mol. The number of nitrogens with two attached hydrogens (primary N) is 1. The first kappa shape index (κ1) is 15.0. The Morgan fingerprint density at radius 2 is 1.87 bits per heavy atom. The number of para-hydroxylation sites is 1. The Labute approximate surface area is 135 Å². The largest absolute Gasteiger partial charge is 0.455 e. The van der Waals surface area contributed by atoms with Crippen LogP contribution in [0.3, 0.4) is 0 Å². The zero-order valence-corrected chi connectivity index (χ0v) is 12.8. The first-order valence-electron chi connectivity index (χ1n) is 6.80. The SMILES string of the molecule is NC(=O)Nc1ccc(C(=O)OCc2nc3ccccc3s2)cc1. The number of urea groups is 1. The fourth-order valence-electron chi connectivity index (χ4n) is 2.02. The third-order valence-electron chi connectivity index (χ3n) is 3.05. The van der Waals surface area contributed by atoms with Gasteiger partial charge in [0.1, 0.15) is 11.6 Å². The maximum atomic E-state index is 12.0. The second kappa shape index (κ2) is 6.45. The maximum Gasteiger partial charge on any atom is 0.338 e. The normalized spacial score (nSPS) is 10.4. The summed E-state index contributed by atoms with van der Waals surface area (Å²) in [6.07, 6.45) is 0. The van der Waals surface area contributed by atoms with Gasteiger partial charge >= 0.3 is 12.0 Å². The molecule has 0 aliphatic carbocycles. The molecular formula is C16H13N3O3S. The highest BCUT2D eigenvalue weighted by atomic mass is 32.1. The zero-order chi connectivity index (χ0) is 16.2. The summed E-state index contributed by atoms with van der Waals surface area (Å²) in [7, 11) is 0. The highest BCUT2D eigenvalue weighted by Crippen LogP contribution is 2.22. The van der Waals surface area contributed by atoms with Gasteiger partial charge in [-0.25, -0.2) is 14.6 Å². The Hall–Kier alpha value is -2.93. The minimum Gasteiger partial charge on any atom is -0.455 e. The molecule has 0 saturated carbocycles. The number of fused-ring (bicyclic) bond motifs is 1. The van der Waals surface area contributed by atoms with Crippen LogP contribution >= 0.6 is 11.3 Å². The highest BCUT2D eigenvalue weighted by molar-refractivity contribution is 7.18. The molecule has 3 rings (SSSR count). The van der Waals surface area contributed by atoms with Crippen molar-refractivity contribution < 1.29 is 14.3 Å². The summed E-state index contributed by atoms with van der Waals surface area (Å²) in [5.74, 6) is -0.449. The van der Waals surface area contributed by atoms with E-state index in [1.165, 1.54) is 11.3 Å². The van der Waals surface area contributed by atoms with Crippen molar-refractivity contribution in [1.82, 2.24) is 4.98 Å². The van der Waals surface area contributed by atoms with E-state index in [-0.39, 0.29) is 6.61 Å². The number of rotatable bonds is 4. The van der Waals surface area contributed by atoms with E-state index in [2.05, 4.69) is 10.3 Å². The van der Waals surface area contributed by atoms with Crippen LogP contribution in [0.15, 0.2) is 48.5 Å². The molecule has 3 aromatic rings. The van der Waals surface area contributed by atoms with Crippen LogP contribution in [0, 0.1) is 0 Å². The van der Waals surface area contributed by atoms with Crippen molar-refractivity contribution in [3.05, 3.63) is 59.1 Å². The van der Waals surface area contributed by atoms with Gasteiger partial charge in [0.15, 0.2) is 0 Å². The average Bonchev–Trinajstić information content (AvgIpc) is 2.95. The van der Waals surface area contributed by atoms with Crippen LogP contribution in [-0.2, 0) is 11.3 Å². The van der Waals surface area contributed by atoms with E-state index in [4.69, 9.17) is 10.5 Å². The molecule has 2 amide bonds. The number of hydrogen-bond acceptors (Lipinski definition) is 5. The summed E-state index contributed by atoms with van der Waals surface area (Å²) in [6.45, 7) is 0.124. The Kier molecular flexibility index (Phi) is 4.20. The molecule has 1 heterocycles. The van der Waals surface area contributed by atoms with E-state index in [9.17, 15) is 9.59 Å². The number of aromatic nitrogens is 1. The van der Waals surface area contributed by atoms with Gasteiger partial charge in [-0.05, 0) is 36.4 Å². The number of hydrogen-bond donors (Lipinski definition) is 2. The number of ether oxygens (including phenoxy) is 1. The molecule has 0 fully saturated rings. The van der Waals surface area contributed by atoms with Gasteiger partial charge in [-0.3, -0.25) is 0 Å². The van der Waals surface area contributed by atoms with Gasteiger partial charge in [-0.2, -0.15) is 0 Å². The Bertz CT molecular complexity index is 825. The number of primary amides is 1. The van der Waals surface area contributed by atoms with Crippen molar-refractivity contribution in [3.8, 4) is 0 Å². The fraction of sp³-hybridized carbons (Fsp3) is 0.0625. The van der Waals surface area contributed by atoms with Gasteiger partial charge in [0.25, 0.3) is 0 Å². The van der Waals surface area contributed by atoms with E-state index in [1.54, 1.807) is 24.3 Å². The van der Waals surface area contributed by atoms with Crippen LogP contribution in [0.5, 0.6) is 0 Å². The number of carbonyl (C=O) groups excluding carboxylic acids is 2. The molecule has 116 valence electrons. The molecule has 2 aromatic carbocycles. The molecule has 0 aliphatic heterocycles. The summed E-state index contributed by atoms with van der Waals surface area (Å²) in [5, 5.41) is 3.16. The van der Waals surface area contributed by atoms with Crippen LogP contribution in [-0.4, -0.2) is 17.0 Å². The van der Waals surface area contributed by atoms with Gasteiger partial charge in [0.05, 0.1) is 15.8 Å². The Morgan fingerprint density at radius 1 is 1.13 bits per heavy atom. The number of amides is 2. The minimum atomic E-state index is -0.656. The lowest BCUT2D eigenvalue weighted by molar-refractivity contribution is 0.0472. The van der Waals surface area contributed by atoms with E-state index in [0.717, 1.165) is 15.2 Å². The Balaban J connectivity index is 1.63. The second-order valence-electron chi connectivity index (χ2n) is 4.72. The summed E-state index contributed by atoms with van der Waals surface area (Å²) >= 11 is 1.49. The number of nitrogens with zero attached hydrogens (tertiary/aromatic N) is 1. The van der Waals surface area contributed by atoms with E-state index in [0.29, 0.717) is 11.3 Å². The standard InChI is InChI=1S/C16H13N3O3S/c17-16(21)18-11-7-5-10(6-8-11)15(20)22-9-14-19-12-3-1-2-4-13(12)23-14/h1-8H,9H2,(H3,17,18,21). The molecule has 7 heteroatoms. The van der Waals surface area contributed by atoms with Crippen molar-refractivity contribution >= 4 is 39.2 Å². The first-order chi connectivity index (χ1) is 11.1. The number of esters is 1. The van der Waals surface area contributed by atoms with Crippen molar-refractivity contribution in [2.45, 2.75) is 6.61 Å². The number of carbonyl (C=O) groups is 2. The van der Waals surface area contributed by atoms with Crippen molar-refractivity contribution in [1.29, 1.82) is 0 Å². The van der Waals surface area contributed by atoms with Crippen molar-refractivity contribution in [2.24, 2.45) is 5.73 Å². The topological polar surface area (TPSA) is 94.3 Å². The molecule has 0 spiro atoms. The molecular weight excluding hydrogens is 314 g/mol. The quantitative estimate of drug-likeness (QED) is 0.720. The van der Waals surface area contributed by atoms with Crippen LogP contribution in [0.2, 0.25) is 0 Å². The molecule has 0 saturated heterocycles. The van der Waals surface area contributed by atoms with E-state index >= 15 is 0 Å². The monoisotopic (exact) mass is 327 g/mol. The Morgan fingerprint density at radius 3 is 2.57 bits per heavy atom. The number of nitrogens with one attached hydrogen (secondary N) is 1. The van der Waals surface area contributed by atoms with Crippen LogP contribution < -0.4 is 11.1 Å². The lowest BCUT2D eigenvalue weighted by Crippen LogP contribution is -2.19. The van der Waals surface area contributed by atoms with E-state index in [1.807, 2.05) is 24.3 Å². The second-order valence-corrected chi connectivity index (χ2v) is 5.83.